The van der Waals surface area contributed by atoms with Crippen LogP contribution in [0.15, 0.2) is 23.2 Å². The molecular formula is C20H29ClFIN6. The van der Waals surface area contributed by atoms with Crippen LogP contribution in [0, 0.1) is 12.7 Å². The molecule has 1 aromatic heterocycles. The van der Waals surface area contributed by atoms with Crippen LogP contribution in [0.1, 0.15) is 44.4 Å². The van der Waals surface area contributed by atoms with Crippen LogP contribution in [-0.4, -0.2) is 39.9 Å². The Kier molecular flexibility index (Phi) is 8.28. The Balaban J connectivity index is 0.00000300. The Hall–Kier alpha value is -1.42. The molecule has 3 rings (SSSR count). The summed E-state index contributed by atoms with van der Waals surface area (Å²) in [5.74, 6) is 2.29. The highest BCUT2D eigenvalue weighted by Crippen LogP contribution is 2.30. The molecule has 0 radical (unpaired) electrons. The van der Waals surface area contributed by atoms with E-state index in [9.17, 15) is 4.39 Å². The number of fused-ring (bicyclic) bond motifs is 1. The highest BCUT2D eigenvalue weighted by atomic mass is 127. The lowest BCUT2D eigenvalue weighted by Crippen LogP contribution is -2.47. The smallest absolute Gasteiger partial charge is 0.191 e. The lowest BCUT2D eigenvalue weighted by molar-refractivity contribution is 0.391. The van der Waals surface area contributed by atoms with Gasteiger partial charge < -0.3 is 10.6 Å². The van der Waals surface area contributed by atoms with E-state index in [1.165, 1.54) is 12.1 Å². The number of aromatic nitrogens is 3. The molecule has 0 fully saturated rings. The quantitative estimate of drug-likeness (QED) is 0.348. The molecule has 0 amide bonds. The summed E-state index contributed by atoms with van der Waals surface area (Å²) in [4.78, 5) is 9.23. The van der Waals surface area contributed by atoms with Gasteiger partial charge in [-0.2, -0.15) is 5.10 Å². The van der Waals surface area contributed by atoms with Gasteiger partial charge >= 0.3 is 0 Å². The lowest BCUT2D eigenvalue weighted by Gasteiger charge is -2.27. The molecule has 1 unspecified atom stereocenters. The van der Waals surface area contributed by atoms with Gasteiger partial charge in [0.2, 0.25) is 0 Å². The van der Waals surface area contributed by atoms with E-state index in [2.05, 4.69) is 34.6 Å². The predicted octanol–water partition coefficient (Wildman–Crippen LogP) is 3.84. The van der Waals surface area contributed by atoms with Crippen molar-refractivity contribution in [2.75, 3.05) is 13.1 Å². The van der Waals surface area contributed by atoms with E-state index in [1.807, 2.05) is 18.5 Å². The summed E-state index contributed by atoms with van der Waals surface area (Å²) >= 11 is 6.26. The number of nitrogens with one attached hydrogen (secondary N) is 2. The first-order chi connectivity index (χ1) is 13.3. The van der Waals surface area contributed by atoms with E-state index < -0.39 is 0 Å². The van der Waals surface area contributed by atoms with Crippen molar-refractivity contribution in [3.05, 3.63) is 46.3 Å². The Morgan fingerprint density at radius 2 is 2.17 bits per heavy atom. The summed E-state index contributed by atoms with van der Waals surface area (Å²) in [6, 6.07) is 4.77. The largest absolute Gasteiger partial charge is 0.357 e. The van der Waals surface area contributed by atoms with Crippen molar-refractivity contribution in [3.8, 4) is 0 Å². The number of rotatable bonds is 5. The molecule has 6 nitrogen and oxygen atoms in total. The van der Waals surface area contributed by atoms with Crippen LogP contribution >= 0.6 is 35.6 Å². The van der Waals surface area contributed by atoms with Gasteiger partial charge in [0, 0.05) is 29.4 Å². The molecule has 160 valence electrons. The van der Waals surface area contributed by atoms with Crippen LogP contribution in [0.2, 0.25) is 5.02 Å². The van der Waals surface area contributed by atoms with Crippen LogP contribution in [0.4, 0.5) is 4.39 Å². The van der Waals surface area contributed by atoms with Gasteiger partial charge in [-0.15, -0.1) is 24.0 Å². The first-order valence-electron chi connectivity index (χ1n) is 9.69. The van der Waals surface area contributed by atoms with Crippen molar-refractivity contribution < 1.29 is 4.39 Å². The fraction of sp³-hybridized carbons (Fsp3) is 0.550. The maximum Gasteiger partial charge on any atom is 0.191 e. The fourth-order valence-corrected chi connectivity index (χ4v) is 3.89. The number of halogens is 3. The molecule has 1 aliphatic rings. The van der Waals surface area contributed by atoms with Crippen molar-refractivity contribution in [3.63, 3.8) is 0 Å². The minimum Gasteiger partial charge on any atom is -0.357 e. The van der Waals surface area contributed by atoms with Crippen molar-refractivity contribution in [2.45, 2.75) is 58.5 Å². The number of aryl methyl sites for hydroxylation is 2. The van der Waals surface area contributed by atoms with Gasteiger partial charge in [0.05, 0.1) is 13.1 Å². The number of hydrogen-bond acceptors (Lipinski definition) is 3. The summed E-state index contributed by atoms with van der Waals surface area (Å²) in [7, 11) is 0. The number of hydrogen-bond donors (Lipinski definition) is 2. The minimum absolute atomic E-state index is 0. The second-order valence-electron chi connectivity index (χ2n) is 7.84. The predicted molar refractivity (Wildman–Crippen MR) is 126 cm³/mol. The van der Waals surface area contributed by atoms with Gasteiger partial charge in [-0.25, -0.2) is 14.1 Å². The Labute approximate surface area is 193 Å². The van der Waals surface area contributed by atoms with Gasteiger partial charge in [-0.3, -0.25) is 4.99 Å². The minimum atomic E-state index is -0.330. The van der Waals surface area contributed by atoms with Crippen molar-refractivity contribution in [1.29, 1.82) is 0 Å². The van der Waals surface area contributed by atoms with E-state index in [0.717, 1.165) is 49.1 Å². The first-order valence-corrected chi connectivity index (χ1v) is 10.1. The summed E-state index contributed by atoms with van der Waals surface area (Å²) in [5.41, 5.74) is 0.561. The molecule has 0 saturated carbocycles. The maximum atomic E-state index is 13.4. The zero-order valence-corrected chi connectivity index (χ0v) is 20.4. The number of nitrogens with zero attached hydrogens (tertiary/aromatic N) is 4. The molecular weight excluding hydrogens is 506 g/mol. The SMILES string of the molecule is CCNC(=NCC(C)(C)c1ccc(F)cc1Cl)NC1CCc2nc(C)nn2C1.I. The standard InChI is InChI=1S/C20H28ClFN6.HI/c1-5-23-19(26-15-7-9-18-25-13(2)27-28(18)11-15)24-12-20(3,4)16-8-6-14(22)10-17(16)21;/h6,8,10,15H,5,7,9,11-12H2,1-4H3,(H2,23,24,26);1H. The molecule has 0 spiro atoms. The zero-order valence-electron chi connectivity index (χ0n) is 17.3. The molecule has 29 heavy (non-hydrogen) atoms. The third-order valence-electron chi connectivity index (χ3n) is 4.94. The topological polar surface area (TPSA) is 67.1 Å². The molecule has 9 heteroatoms. The van der Waals surface area contributed by atoms with E-state index in [4.69, 9.17) is 16.6 Å². The number of benzene rings is 1. The highest BCUT2D eigenvalue weighted by Gasteiger charge is 2.25. The summed E-state index contributed by atoms with van der Waals surface area (Å²) in [6.07, 6.45) is 1.88. The third-order valence-corrected chi connectivity index (χ3v) is 5.25. The maximum absolute atomic E-state index is 13.4. The molecule has 2 N–H and O–H groups in total. The average molecular weight is 535 g/mol. The summed E-state index contributed by atoms with van der Waals surface area (Å²) in [5, 5.41) is 11.7. The van der Waals surface area contributed by atoms with Crippen LogP contribution in [-0.2, 0) is 18.4 Å². The van der Waals surface area contributed by atoms with Crippen molar-refractivity contribution in [1.82, 2.24) is 25.4 Å². The van der Waals surface area contributed by atoms with Crippen molar-refractivity contribution >= 4 is 41.5 Å². The second-order valence-corrected chi connectivity index (χ2v) is 8.25. The van der Waals surface area contributed by atoms with E-state index in [1.54, 1.807) is 6.07 Å². The molecule has 0 saturated heterocycles. The van der Waals surface area contributed by atoms with Gasteiger partial charge in [-0.1, -0.05) is 31.5 Å². The van der Waals surface area contributed by atoms with Crippen LogP contribution in [0.25, 0.3) is 0 Å². The van der Waals surface area contributed by atoms with Gasteiger partial charge in [0.1, 0.15) is 17.5 Å². The van der Waals surface area contributed by atoms with Crippen LogP contribution in [0.3, 0.4) is 0 Å². The van der Waals surface area contributed by atoms with Crippen LogP contribution in [0.5, 0.6) is 0 Å². The fourth-order valence-electron chi connectivity index (χ4n) is 3.47. The number of aliphatic imine (C=N–C) groups is 1. The van der Waals surface area contributed by atoms with Gasteiger partial charge in [0.15, 0.2) is 5.96 Å². The molecule has 0 aliphatic carbocycles. The van der Waals surface area contributed by atoms with Crippen molar-refractivity contribution in [2.24, 2.45) is 4.99 Å². The van der Waals surface area contributed by atoms with E-state index in [0.29, 0.717) is 11.6 Å². The molecule has 1 aromatic carbocycles. The average Bonchev–Trinajstić information content (AvgIpc) is 2.99. The molecule has 1 atom stereocenters. The number of guanidine groups is 1. The highest BCUT2D eigenvalue weighted by molar-refractivity contribution is 14.0. The third kappa shape index (κ3) is 6.04. The Morgan fingerprint density at radius 3 is 2.86 bits per heavy atom. The Bertz CT molecular complexity index is 867. The van der Waals surface area contributed by atoms with Gasteiger partial charge in [-0.05, 0) is 38.0 Å². The normalized spacial score (nSPS) is 16.8. The second kappa shape index (κ2) is 10.1. The Morgan fingerprint density at radius 1 is 1.41 bits per heavy atom. The molecule has 1 aliphatic heterocycles. The molecule has 2 heterocycles. The lowest BCUT2D eigenvalue weighted by atomic mass is 9.84. The van der Waals surface area contributed by atoms with Gasteiger partial charge in [0.25, 0.3) is 0 Å². The van der Waals surface area contributed by atoms with E-state index in [-0.39, 0.29) is 41.3 Å². The van der Waals surface area contributed by atoms with E-state index >= 15 is 0 Å². The summed E-state index contributed by atoms with van der Waals surface area (Å²) < 4.78 is 15.3. The molecule has 2 aromatic rings. The monoisotopic (exact) mass is 534 g/mol. The molecule has 0 bridgehead atoms. The zero-order chi connectivity index (χ0) is 20.3. The van der Waals surface area contributed by atoms with Crippen LogP contribution < -0.4 is 10.6 Å². The first kappa shape index (κ1) is 23.9. The summed E-state index contributed by atoms with van der Waals surface area (Å²) in [6.45, 7) is 10.1.